The van der Waals surface area contributed by atoms with Crippen LogP contribution in [0.15, 0.2) is 40.2 Å². The number of carbonyl (C=O) groups excluding carboxylic acids is 1. The fraction of sp³-hybridized carbons (Fsp3) is 0.389. The molecular formula is C18H20Cl2N4O4S. The van der Waals surface area contributed by atoms with Crippen LogP contribution in [0.3, 0.4) is 0 Å². The first-order valence-corrected chi connectivity index (χ1v) is 11.2. The lowest BCUT2D eigenvalue weighted by atomic mass is 9.98. The predicted octanol–water partition coefficient (Wildman–Crippen LogP) is 2.08. The SMILES string of the molecule is CC(=O)NCC1CCN(S(=O)(=O)c2ccc(-n3ncc(Cl)c(Cl)c3=O)cc2)CC1. The van der Waals surface area contributed by atoms with E-state index in [4.69, 9.17) is 23.2 Å². The second-order valence-corrected chi connectivity index (χ2v) is 9.52. The van der Waals surface area contributed by atoms with E-state index in [1.54, 1.807) is 0 Å². The van der Waals surface area contributed by atoms with Gasteiger partial charge in [0.2, 0.25) is 15.9 Å². The number of benzene rings is 1. The van der Waals surface area contributed by atoms with Gasteiger partial charge in [0.25, 0.3) is 5.56 Å². The van der Waals surface area contributed by atoms with Crippen LogP contribution in [0.1, 0.15) is 19.8 Å². The number of hydrogen-bond donors (Lipinski definition) is 1. The third kappa shape index (κ3) is 4.80. The zero-order valence-corrected chi connectivity index (χ0v) is 18.0. The normalized spacial score (nSPS) is 16.0. The summed E-state index contributed by atoms with van der Waals surface area (Å²) in [5.41, 5.74) is -0.211. The maximum Gasteiger partial charge on any atom is 0.291 e. The Morgan fingerprint density at radius 1 is 1.21 bits per heavy atom. The van der Waals surface area contributed by atoms with E-state index in [0.29, 0.717) is 38.2 Å². The highest BCUT2D eigenvalue weighted by Crippen LogP contribution is 2.24. The Kier molecular flexibility index (Phi) is 6.62. The van der Waals surface area contributed by atoms with E-state index in [-0.39, 0.29) is 26.8 Å². The molecule has 0 unspecified atom stereocenters. The predicted molar refractivity (Wildman–Crippen MR) is 110 cm³/mol. The molecule has 1 N–H and O–H groups in total. The van der Waals surface area contributed by atoms with E-state index >= 15 is 0 Å². The van der Waals surface area contributed by atoms with Crippen LogP contribution in [0.25, 0.3) is 5.69 Å². The summed E-state index contributed by atoms with van der Waals surface area (Å²) < 4.78 is 28.3. The van der Waals surface area contributed by atoms with Gasteiger partial charge in [0, 0.05) is 26.6 Å². The number of aromatic nitrogens is 2. The van der Waals surface area contributed by atoms with Crippen molar-refractivity contribution in [3.05, 3.63) is 50.9 Å². The highest BCUT2D eigenvalue weighted by Gasteiger charge is 2.29. The summed E-state index contributed by atoms with van der Waals surface area (Å²) in [5, 5.41) is 6.60. The molecule has 1 aromatic heterocycles. The number of nitrogens with zero attached hydrogens (tertiary/aromatic N) is 3. The monoisotopic (exact) mass is 458 g/mol. The van der Waals surface area contributed by atoms with E-state index < -0.39 is 15.6 Å². The number of amides is 1. The van der Waals surface area contributed by atoms with Crippen molar-refractivity contribution in [3.63, 3.8) is 0 Å². The highest BCUT2D eigenvalue weighted by atomic mass is 35.5. The largest absolute Gasteiger partial charge is 0.356 e. The summed E-state index contributed by atoms with van der Waals surface area (Å²) in [4.78, 5) is 23.3. The zero-order valence-electron chi connectivity index (χ0n) is 15.6. The summed E-state index contributed by atoms with van der Waals surface area (Å²) in [6.45, 7) is 2.80. The van der Waals surface area contributed by atoms with Gasteiger partial charge in [-0.15, -0.1) is 0 Å². The second-order valence-electron chi connectivity index (χ2n) is 6.80. The number of hydrogen-bond acceptors (Lipinski definition) is 5. The molecule has 1 aliphatic heterocycles. The third-order valence-electron chi connectivity index (χ3n) is 4.81. The van der Waals surface area contributed by atoms with Gasteiger partial charge >= 0.3 is 0 Å². The molecule has 1 aliphatic rings. The minimum absolute atomic E-state index is 0.0500. The molecular weight excluding hydrogens is 439 g/mol. The molecule has 156 valence electrons. The van der Waals surface area contributed by atoms with Gasteiger partial charge in [0.05, 0.1) is 21.8 Å². The van der Waals surface area contributed by atoms with Crippen molar-refractivity contribution >= 4 is 39.1 Å². The van der Waals surface area contributed by atoms with Crippen LogP contribution in [-0.2, 0) is 14.8 Å². The molecule has 1 saturated heterocycles. The summed E-state index contributed by atoms with van der Waals surface area (Å²) >= 11 is 11.6. The van der Waals surface area contributed by atoms with Gasteiger partial charge in [0.1, 0.15) is 5.02 Å². The maximum absolute atomic E-state index is 12.9. The van der Waals surface area contributed by atoms with Crippen LogP contribution in [0.4, 0.5) is 0 Å². The van der Waals surface area contributed by atoms with Gasteiger partial charge in [-0.1, -0.05) is 23.2 Å². The molecule has 0 bridgehead atoms. The van der Waals surface area contributed by atoms with Crippen molar-refractivity contribution in [2.75, 3.05) is 19.6 Å². The summed E-state index contributed by atoms with van der Waals surface area (Å²) in [6, 6.07) is 5.86. The summed E-state index contributed by atoms with van der Waals surface area (Å²) in [5.74, 6) is 0.177. The first kappa shape index (κ1) is 21.8. The Hall–Kier alpha value is -1.94. The van der Waals surface area contributed by atoms with Crippen LogP contribution in [0.5, 0.6) is 0 Å². The molecule has 11 heteroatoms. The zero-order chi connectivity index (χ0) is 21.2. The van der Waals surface area contributed by atoms with Gasteiger partial charge in [0.15, 0.2) is 0 Å². The Morgan fingerprint density at radius 2 is 1.83 bits per heavy atom. The molecule has 29 heavy (non-hydrogen) atoms. The number of halogens is 2. The molecule has 8 nitrogen and oxygen atoms in total. The van der Waals surface area contributed by atoms with Crippen LogP contribution in [-0.4, -0.2) is 48.0 Å². The van der Waals surface area contributed by atoms with Crippen LogP contribution in [0.2, 0.25) is 10.0 Å². The standard InChI is InChI=1S/C18H20Cl2N4O4S/c1-12(25)21-10-13-6-8-23(9-7-13)29(27,28)15-4-2-14(3-5-15)24-18(26)17(20)16(19)11-22-24/h2-5,11,13H,6-10H2,1H3,(H,21,25). The molecule has 0 aliphatic carbocycles. The molecule has 2 aromatic rings. The smallest absolute Gasteiger partial charge is 0.291 e. The number of nitrogens with one attached hydrogen (secondary N) is 1. The first-order chi connectivity index (χ1) is 13.7. The maximum atomic E-state index is 12.9. The fourth-order valence-corrected chi connectivity index (χ4v) is 4.87. The van der Waals surface area contributed by atoms with E-state index in [0.717, 1.165) is 4.68 Å². The third-order valence-corrected chi connectivity index (χ3v) is 7.47. The van der Waals surface area contributed by atoms with Gasteiger partial charge in [-0.2, -0.15) is 14.1 Å². The Morgan fingerprint density at radius 3 is 2.41 bits per heavy atom. The van der Waals surface area contributed by atoms with Crippen molar-refractivity contribution in [1.82, 2.24) is 19.4 Å². The van der Waals surface area contributed by atoms with E-state index in [2.05, 4.69) is 10.4 Å². The lowest BCUT2D eigenvalue weighted by Gasteiger charge is -2.31. The topological polar surface area (TPSA) is 101 Å². The lowest BCUT2D eigenvalue weighted by molar-refractivity contribution is -0.119. The number of carbonyl (C=O) groups is 1. The van der Waals surface area contributed by atoms with Crippen molar-refractivity contribution in [3.8, 4) is 5.69 Å². The summed E-state index contributed by atoms with van der Waals surface area (Å²) in [7, 11) is -3.65. The molecule has 1 amide bonds. The molecule has 1 aromatic carbocycles. The first-order valence-electron chi connectivity index (χ1n) is 8.98. The number of piperidine rings is 1. The number of rotatable bonds is 5. The second kappa shape index (κ2) is 8.83. The molecule has 0 atom stereocenters. The molecule has 0 radical (unpaired) electrons. The Balaban J connectivity index is 1.74. The van der Waals surface area contributed by atoms with Crippen LogP contribution < -0.4 is 10.9 Å². The van der Waals surface area contributed by atoms with Crippen LogP contribution in [0, 0.1) is 5.92 Å². The van der Waals surface area contributed by atoms with Gasteiger partial charge in [-0.3, -0.25) is 9.59 Å². The molecule has 3 rings (SSSR count). The van der Waals surface area contributed by atoms with Crippen LogP contribution >= 0.6 is 23.2 Å². The lowest BCUT2D eigenvalue weighted by Crippen LogP contribution is -2.41. The minimum Gasteiger partial charge on any atom is -0.356 e. The molecule has 1 fully saturated rings. The van der Waals surface area contributed by atoms with Crippen molar-refractivity contribution in [2.24, 2.45) is 5.92 Å². The molecule has 0 saturated carbocycles. The van der Waals surface area contributed by atoms with E-state index in [1.165, 1.54) is 41.7 Å². The van der Waals surface area contributed by atoms with Gasteiger partial charge < -0.3 is 5.32 Å². The van der Waals surface area contributed by atoms with Gasteiger partial charge in [-0.05, 0) is 43.0 Å². The summed E-state index contributed by atoms with van der Waals surface area (Å²) in [6.07, 6.45) is 2.61. The quantitative estimate of drug-likeness (QED) is 0.738. The van der Waals surface area contributed by atoms with Crippen molar-refractivity contribution < 1.29 is 13.2 Å². The molecule has 0 spiro atoms. The van der Waals surface area contributed by atoms with E-state index in [1.807, 2.05) is 0 Å². The highest BCUT2D eigenvalue weighted by molar-refractivity contribution is 7.89. The number of sulfonamides is 1. The Labute approximate surface area is 178 Å². The fourth-order valence-electron chi connectivity index (χ4n) is 3.15. The van der Waals surface area contributed by atoms with E-state index in [9.17, 15) is 18.0 Å². The Bertz CT molecular complexity index is 1060. The molecule has 2 heterocycles. The average Bonchev–Trinajstić information content (AvgIpc) is 2.71. The van der Waals surface area contributed by atoms with Crippen molar-refractivity contribution in [2.45, 2.75) is 24.7 Å². The van der Waals surface area contributed by atoms with Gasteiger partial charge in [-0.25, -0.2) is 8.42 Å². The minimum atomic E-state index is -3.65. The average molecular weight is 459 g/mol. The van der Waals surface area contributed by atoms with Crippen molar-refractivity contribution in [1.29, 1.82) is 0 Å².